The highest BCUT2D eigenvalue weighted by molar-refractivity contribution is 6.33. The van der Waals surface area contributed by atoms with Gasteiger partial charge >= 0.3 is 0 Å². The highest BCUT2D eigenvalue weighted by atomic mass is 35.5. The molecule has 0 amide bonds. The van der Waals surface area contributed by atoms with Crippen molar-refractivity contribution in [3.05, 3.63) is 52.3 Å². The van der Waals surface area contributed by atoms with E-state index in [1.807, 2.05) is 19.9 Å². The van der Waals surface area contributed by atoms with Crippen LogP contribution in [0.25, 0.3) is 22.4 Å². The monoisotopic (exact) mass is 274 g/mol. The molecule has 2 nitrogen and oxygen atoms in total. The highest BCUT2D eigenvalue weighted by Crippen LogP contribution is 2.30. The van der Waals surface area contributed by atoms with E-state index in [1.165, 1.54) is 6.07 Å². The Balaban J connectivity index is 2.30. The molecule has 0 saturated carbocycles. The number of H-pyrrole nitrogens is 1. The topological polar surface area (TPSA) is 28.7 Å². The van der Waals surface area contributed by atoms with Crippen LogP contribution in [0.15, 0.2) is 30.3 Å². The van der Waals surface area contributed by atoms with E-state index in [-0.39, 0.29) is 5.82 Å². The van der Waals surface area contributed by atoms with Gasteiger partial charge in [-0.15, -0.1) is 0 Å². The van der Waals surface area contributed by atoms with E-state index in [2.05, 4.69) is 16.0 Å². The molecule has 3 aromatic rings. The summed E-state index contributed by atoms with van der Waals surface area (Å²) in [6.45, 7) is 4.01. The first-order valence-electron chi connectivity index (χ1n) is 5.97. The van der Waals surface area contributed by atoms with Gasteiger partial charge in [0, 0.05) is 0 Å². The first-order valence-corrected chi connectivity index (χ1v) is 6.35. The second-order valence-electron chi connectivity index (χ2n) is 4.66. The third kappa shape index (κ3) is 2.00. The zero-order valence-electron chi connectivity index (χ0n) is 10.6. The van der Waals surface area contributed by atoms with Gasteiger partial charge in [-0.1, -0.05) is 23.7 Å². The summed E-state index contributed by atoms with van der Waals surface area (Å²) < 4.78 is 13.9. The molecule has 3 rings (SSSR count). The van der Waals surface area contributed by atoms with E-state index in [0.717, 1.165) is 22.2 Å². The average Bonchev–Trinajstić information content (AvgIpc) is 2.72. The van der Waals surface area contributed by atoms with Gasteiger partial charge in [0.15, 0.2) is 0 Å². The van der Waals surface area contributed by atoms with E-state index in [9.17, 15) is 4.39 Å². The van der Waals surface area contributed by atoms with Crippen LogP contribution in [0.5, 0.6) is 0 Å². The van der Waals surface area contributed by atoms with Crippen molar-refractivity contribution in [2.24, 2.45) is 0 Å². The molecule has 0 fully saturated rings. The fourth-order valence-electron chi connectivity index (χ4n) is 2.31. The van der Waals surface area contributed by atoms with Gasteiger partial charge in [0.1, 0.15) is 11.6 Å². The normalized spacial score (nSPS) is 11.2. The maximum atomic E-state index is 13.9. The van der Waals surface area contributed by atoms with Crippen LogP contribution in [0.1, 0.15) is 11.1 Å². The molecule has 0 aliphatic carbocycles. The van der Waals surface area contributed by atoms with E-state index in [0.29, 0.717) is 16.4 Å². The average molecular weight is 275 g/mol. The Morgan fingerprint density at radius 2 is 2.00 bits per heavy atom. The Kier molecular flexibility index (Phi) is 2.79. The second kappa shape index (κ2) is 4.35. The third-order valence-electron chi connectivity index (χ3n) is 3.12. The molecule has 0 spiro atoms. The Morgan fingerprint density at radius 1 is 1.21 bits per heavy atom. The number of benzene rings is 2. The molecule has 4 heteroatoms. The number of nitrogens with zero attached hydrogens (tertiary/aromatic N) is 1. The van der Waals surface area contributed by atoms with Crippen LogP contribution in [-0.4, -0.2) is 9.97 Å². The minimum Gasteiger partial charge on any atom is -0.338 e. The Hall–Kier alpha value is -1.87. The van der Waals surface area contributed by atoms with Crippen molar-refractivity contribution in [2.45, 2.75) is 13.8 Å². The highest BCUT2D eigenvalue weighted by Gasteiger charge is 2.14. The smallest absolute Gasteiger partial charge is 0.142 e. The van der Waals surface area contributed by atoms with Gasteiger partial charge in [-0.3, -0.25) is 0 Å². The number of aromatic amines is 1. The molecule has 2 aromatic carbocycles. The molecule has 1 heterocycles. The lowest BCUT2D eigenvalue weighted by Gasteiger charge is -2.01. The lowest BCUT2D eigenvalue weighted by atomic mass is 10.1. The molecule has 96 valence electrons. The molecule has 0 atom stereocenters. The summed E-state index contributed by atoms with van der Waals surface area (Å²) in [6, 6.07) is 8.67. The van der Waals surface area contributed by atoms with Gasteiger partial charge in [0.05, 0.1) is 21.6 Å². The molecule has 0 unspecified atom stereocenters. The predicted octanol–water partition coefficient (Wildman–Crippen LogP) is 4.64. The van der Waals surface area contributed by atoms with E-state index < -0.39 is 0 Å². The number of aromatic nitrogens is 2. The summed E-state index contributed by atoms with van der Waals surface area (Å²) in [4.78, 5) is 7.60. The number of fused-ring (bicyclic) bond motifs is 1. The van der Waals surface area contributed by atoms with E-state index in [4.69, 9.17) is 11.6 Å². The molecule has 0 aliphatic rings. The van der Waals surface area contributed by atoms with Gasteiger partial charge < -0.3 is 4.98 Å². The lowest BCUT2D eigenvalue weighted by Crippen LogP contribution is -1.87. The molecule has 0 radical (unpaired) electrons. The molecule has 19 heavy (non-hydrogen) atoms. The van der Waals surface area contributed by atoms with Gasteiger partial charge in [-0.2, -0.15) is 0 Å². The lowest BCUT2D eigenvalue weighted by molar-refractivity contribution is 0.630. The molecular weight excluding hydrogens is 263 g/mol. The van der Waals surface area contributed by atoms with Crippen LogP contribution in [0.2, 0.25) is 5.02 Å². The van der Waals surface area contributed by atoms with E-state index in [1.54, 1.807) is 12.1 Å². The first kappa shape index (κ1) is 12.2. The SMILES string of the molecule is Cc1cc(C)c2nc(-c3c(F)cccc3Cl)[nH]c2c1. The number of halogens is 2. The van der Waals surface area contributed by atoms with Crippen LogP contribution >= 0.6 is 11.6 Å². The Bertz CT molecular complexity index is 757. The minimum atomic E-state index is -0.374. The Morgan fingerprint density at radius 3 is 2.74 bits per heavy atom. The second-order valence-corrected chi connectivity index (χ2v) is 5.07. The predicted molar refractivity (Wildman–Crippen MR) is 76.0 cm³/mol. The van der Waals surface area contributed by atoms with Crippen LogP contribution in [0.3, 0.4) is 0 Å². The summed E-state index contributed by atoms with van der Waals surface area (Å²) >= 11 is 6.06. The number of hydrogen-bond acceptors (Lipinski definition) is 1. The van der Waals surface area contributed by atoms with Crippen molar-refractivity contribution >= 4 is 22.6 Å². The largest absolute Gasteiger partial charge is 0.338 e. The van der Waals surface area contributed by atoms with Crippen molar-refractivity contribution < 1.29 is 4.39 Å². The summed E-state index contributed by atoms with van der Waals surface area (Å²) in [5.41, 5.74) is 4.26. The fraction of sp³-hybridized carbons (Fsp3) is 0.133. The first-order chi connectivity index (χ1) is 9.06. The number of nitrogens with one attached hydrogen (secondary N) is 1. The van der Waals surface area contributed by atoms with Crippen molar-refractivity contribution in [1.29, 1.82) is 0 Å². The van der Waals surface area contributed by atoms with Crippen molar-refractivity contribution in [3.8, 4) is 11.4 Å². The standard InChI is InChI=1S/C15H12ClFN2/c1-8-6-9(2)14-12(7-8)18-15(19-14)13-10(16)4-3-5-11(13)17/h3-7H,1-2H3,(H,18,19). The summed E-state index contributed by atoms with van der Waals surface area (Å²) in [5.74, 6) is 0.0905. The molecule has 0 aliphatic heterocycles. The molecule has 0 bridgehead atoms. The van der Waals surface area contributed by atoms with Gasteiger partial charge in [0.25, 0.3) is 0 Å². The zero-order chi connectivity index (χ0) is 13.6. The quantitative estimate of drug-likeness (QED) is 0.688. The number of hydrogen-bond donors (Lipinski definition) is 1. The van der Waals surface area contributed by atoms with Crippen molar-refractivity contribution in [2.75, 3.05) is 0 Å². The maximum Gasteiger partial charge on any atom is 0.142 e. The van der Waals surface area contributed by atoms with Crippen molar-refractivity contribution in [1.82, 2.24) is 9.97 Å². The minimum absolute atomic E-state index is 0.317. The fourth-order valence-corrected chi connectivity index (χ4v) is 2.57. The van der Waals surface area contributed by atoms with Crippen LogP contribution in [-0.2, 0) is 0 Å². The van der Waals surface area contributed by atoms with Crippen molar-refractivity contribution in [3.63, 3.8) is 0 Å². The van der Waals surface area contributed by atoms with Gasteiger partial charge in [0.2, 0.25) is 0 Å². The summed E-state index contributed by atoms with van der Waals surface area (Å²) in [5, 5.41) is 0.355. The summed E-state index contributed by atoms with van der Waals surface area (Å²) in [7, 11) is 0. The number of rotatable bonds is 1. The summed E-state index contributed by atoms with van der Waals surface area (Å²) in [6.07, 6.45) is 0. The van der Waals surface area contributed by atoms with Crippen LogP contribution in [0.4, 0.5) is 4.39 Å². The Labute approximate surface area is 115 Å². The molecule has 1 aromatic heterocycles. The molecule has 1 N–H and O–H groups in total. The molecular formula is C15H12ClFN2. The van der Waals surface area contributed by atoms with Gasteiger partial charge in [-0.25, -0.2) is 9.37 Å². The third-order valence-corrected chi connectivity index (χ3v) is 3.44. The van der Waals surface area contributed by atoms with E-state index >= 15 is 0 Å². The number of imidazole rings is 1. The van der Waals surface area contributed by atoms with Crippen LogP contribution in [0, 0.1) is 19.7 Å². The van der Waals surface area contributed by atoms with Gasteiger partial charge in [-0.05, 0) is 43.2 Å². The number of aryl methyl sites for hydroxylation is 2. The molecule has 0 saturated heterocycles. The van der Waals surface area contributed by atoms with Crippen LogP contribution < -0.4 is 0 Å². The maximum absolute atomic E-state index is 13.9. The zero-order valence-corrected chi connectivity index (χ0v) is 11.3.